The second kappa shape index (κ2) is 7.79. The van der Waals surface area contributed by atoms with Gasteiger partial charge in [-0.05, 0) is 23.8 Å². The van der Waals surface area contributed by atoms with Crippen LogP contribution in [0, 0.1) is 10.1 Å². The number of carbonyl (C=O) groups is 1. The molecule has 0 radical (unpaired) electrons. The number of benzene rings is 1. The van der Waals surface area contributed by atoms with E-state index in [9.17, 15) is 24.8 Å². The topological polar surface area (TPSA) is 165 Å². The van der Waals surface area contributed by atoms with Crippen LogP contribution in [0.25, 0.3) is 12.2 Å². The number of methoxy groups -OCH3 is 1. The van der Waals surface area contributed by atoms with Gasteiger partial charge in [-0.3, -0.25) is 14.9 Å². The smallest absolute Gasteiger partial charge is 0.395 e. The molecule has 2 aromatic rings. The molecular weight excluding hydrogens is 350 g/mol. The number of nitrogens with one attached hydrogen (secondary N) is 1. The largest absolute Gasteiger partial charge is 0.493 e. The number of hydrogen-bond donors (Lipinski definition) is 3. The number of nitrogens with zero attached hydrogens (tertiary/aromatic N) is 2. The zero-order valence-corrected chi connectivity index (χ0v) is 13.3. The number of carboxylic acids is 1. The SMILES string of the molecule is COc1cc(/C=C/c2nc(O)c([N+](=O)[O-])c(=O)[nH]2)ccc1OCC(=O)O. The van der Waals surface area contributed by atoms with Crippen molar-refractivity contribution < 1.29 is 29.4 Å². The third-order valence-corrected chi connectivity index (χ3v) is 3.05. The Balaban J connectivity index is 2.26. The molecule has 0 unspecified atom stereocenters. The van der Waals surface area contributed by atoms with Gasteiger partial charge in [-0.25, -0.2) is 4.79 Å². The fourth-order valence-corrected chi connectivity index (χ4v) is 1.94. The van der Waals surface area contributed by atoms with Crippen LogP contribution >= 0.6 is 0 Å². The van der Waals surface area contributed by atoms with Gasteiger partial charge < -0.3 is 24.7 Å². The molecule has 1 heterocycles. The first-order chi connectivity index (χ1) is 12.3. The predicted molar refractivity (Wildman–Crippen MR) is 88.2 cm³/mol. The third-order valence-electron chi connectivity index (χ3n) is 3.05. The van der Waals surface area contributed by atoms with E-state index in [0.717, 1.165) is 0 Å². The number of aromatic hydroxyl groups is 1. The summed E-state index contributed by atoms with van der Waals surface area (Å²) in [5.74, 6) is -1.71. The van der Waals surface area contributed by atoms with Crippen molar-refractivity contribution in [3.05, 3.63) is 50.1 Å². The maximum absolute atomic E-state index is 11.6. The molecule has 0 bridgehead atoms. The molecule has 1 aromatic heterocycles. The van der Waals surface area contributed by atoms with E-state index in [0.29, 0.717) is 5.56 Å². The van der Waals surface area contributed by atoms with Crippen molar-refractivity contribution in [1.82, 2.24) is 9.97 Å². The molecule has 11 nitrogen and oxygen atoms in total. The van der Waals surface area contributed by atoms with Crippen molar-refractivity contribution in [3.63, 3.8) is 0 Å². The number of H-pyrrole nitrogens is 1. The minimum Gasteiger partial charge on any atom is -0.493 e. The van der Waals surface area contributed by atoms with Gasteiger partial charge in [0.2, 0.25) is 0 Å². The maximum Gasteiger partial charge on any atom is 0.395 e. The molecule has 0 spiro atoms. The Bertz CT molecular complexity index is 935. The van der Waals surface area contributed by atoms with E-state index in [1.807, 2.05) is 0 Å². The van der Waals surface area contributed by atoms with Crippen LogP contribution in [0.15, 0.2) is 23.0 Å². The zero-order valence-electron chi connectivity index (χ0n) is 13.3. The van der Waals surface area contributed by atoms with Gasteiger partial charge >= 0.3 is 17.2 Å². The average molecular weight is 363 g/mol. The highest BCUT2D eigenvalue weighted by atomic mass is 16.6. The lowest BCUT2D eigenvalue weighted by Gasteiger charge is -2.09. The van der Waals surface area contributed by atoms with Crippen molar-refractivity contribution in [1.29, 1.82) is 0 Å². The van der Waals surface area contributed by atoms with Crippen molar-refractivity contribution in [2.45, 2.75) is 0 Å². The lowest BCUT2D eigenvalue weighted by Crippen LogP contribution is -2.14. The molecule has 0 aliphatic carbocycles. The lowest BCUT2D eigenvalue weighted by molar-refractivity contribution is -0.387. The number of aromatic nitrogens is 2. The molecular formula is C15H13N3O8. The Kier molecular flexibility index (Phi) is 5.53. The number of nitro groups is 1. The summed E-state index contributed by atoms with van der Waals surface area (Å²) >= 11 is 0. The fraction of sp³-hybridized carbons (Fsp3) is 0.133. The van der Waals surface area contributed by atoms with E-state index in [4.69, 9.17) is 14.6 Å². The molecule has 3 N–H and O–H groups in total. The highest BCUT2D eigenvalue weighted by Crippen LogP contribution is 2.28. The number of rotatable bonds is 7. The van der Waals surface area contributed by atoms with Gasteiger partial charge in [0.05, 0.1) is 12.0 Å². The number of aliphatic carboxylic acids is 1. The first-order valence-electron chi connectivity index (χ1n) is 7.00. The molecule has 26 heavy (non-hydrogen) atoms. The molecule has 0 amide bonds. The Labute approximate surface area is 145 Å². The Morgan fingerprint density at radius 3 is 2.69 bits per heavy atom. The van der Waals surface area contributed by atoms with Gasteiger partial charge in [0.15, 0.2) is 18.1 Å². The van der Waals surface area contributed by atoms with E-state index >= 15 is 0 Å². The van der Waals surface area contributed by atoms with E-state index in [-0.39, 0.29) is 17.3 Å². The minimum atomic E-state index is -1.14. The molecule has 136 valence electrons. The van der Waals surface area contributed by atoms with Crippen molar-refractivity contribution in [3.8, 4) is 17.4 Å². The van der Waals surface area contributed by atoms with Crippen molar-refractivity contribution in [2.75, 3.05) is 13.7 Å². The van der Waals surface area contributed by atoms with Gasteiger partial charge in [0.1, 0.15) is 5.82 Å². The summed E-state index contributed by atoms with van der Waals surface area (Å²) in [6.45, 7) is -0.529. The van der Waals surface area contributed by atoms with Gasteiger partial charge in [0, 0.05) is 0 Å². The van der Waals surface area contributed by atoms with Crippen LogP contribution < -0.4 is 15.0 Å². The van der Waals surface area contributed by atoms with Crippen molar-refractivity contribution >= 4 is 23.8 Å². The van der Waals surface area contributed by atoms with Gasteiger partial charge in [-0.15, -0.1) is 0 Å². The summed E-state index contributed by atoms with van der Waals surface area (Å²) < 4.78 is 10.2. The predicted octanol–water partition coefficient (Wildman–Crippen LogP) is 1.03. The highest BCUT2D eigenvalue weighted by molar-refractivity contribution is 5.70. The van der Waals surface area contributed by atoms with Crippen LogP contribution in [-0.4, -0.2) is 44.8 Å². The Morgan fingerprint density at radius 1 is 1.38 bits per heavy atom. The molecule has 0 aliphatic heterocycles. The van der Waals surface area contributed by atoms with Crippen LogP contribution in [0.2, 0.25) is 0 Å². The summed E-state index contributed by atoms with van der Waals surface area (Å²) in [7, 11) is 1.38. The van der Waals surface area contributed by atoms with Crippen LogP contribution in [0.5, 0.6) is 17.4 Å². The van der Waals surface area contributed by atoms with Crippen LogP contribution in [0.1, 0.15) is 11.4 Å². The Hall–Kier alpha value is -3.89. The molecule has 0 atom stereocenters. The first-order valence-corrected chi connectivity index (χ1v) is 7.00. The zero-order chi connectivity index (χ0) is 19.3. The molecule has 1 aromatic carbocycles. The summed E-state index contributed by atoms with van der Waals surface area (Å²) in [6, 6.07) is 4.61. The molecule has 11 heteroatoms. The highest BCUT2D eigenvalue weighted by Gasteiger charge is 2.21. The fourth-order valence-electron chi connectivity index (χ4n) is 1.94. The average Bonchev–Trinajstić information content (AvgIpc) is 2.57. The quantitative estimate of drug-likeness (QED) is 0.481. The normalized spacial score (nSPS) is 10.7. The monoisotopic (exact) mass is 363 g/mol. The summed E-state index contributed by atoms with van der Waals surface area (Å²) in [4.78, 5) is 37.4. The van der Waals surface area contributed by atoms with E-state index < -0.39 is 34.6 Å². The van der Waals surface area contributed by atoms with Crippen LogP contribution in [-0.2, 0) is 4.79 Å². The van der Waals surface area contributed by atoms with E-state index in [1.165, 1.54) is 31.4 Å². The minimum absolute atomic E-state index is 0.0942. The summed E-state index contributed by atoms with van der Waals surface area (Å²) in [5, 5.41) is 28.7. The molecule has 0 saturated carbocycles. The van der Waals surface area contributed by atoms with Gasteiger partial charge in [-0.1, -0.05) is 12.1 Å². The maximum atomic E-state index is 11.6. The second-order valence-corrected chi connectivity index (χ2v) is 4.81. The Morgan fingerprint density at radius 2 is 2.12 bits per heavy atom. The van der Waals surface area contributed by atoms with E-state index in [1.54, 1.807) is 6.07 Å². The standard InChI is InChI=1S/C15H13N3O8/c1-25-10-6-8(2-4-9(10)26-7-12(19)20)3-5-11-16-14(21)13(18(23)24)15(22)17-11/h2-6H,7H2,1H3,(H,19,20)(H2,16,17,21,22)/b5-3+. The number of hydrogen-bond acceptors (Lipinski definition) is 8. The van der Waals surface area contributed by atoms with Crippen LogP contribution in [0.3, 0.4) is 0 Å². The van der Waals surface area contributed by atoms with Gasteiger partial charge in [0.25, 0.3) is 5.88 Å². The number of aromatic amines is 1. The first kappa shape index (κ1) is 18.4. The van der Waals surface area contributed by atoms with Crippen molar-refractivity contribution in [2.24, 2.45) is 0 Å². The molecule has 2 rings (SSSR count). The second-order valence-electron chi connectivity index (χ2n) is 4.81. The summed E-state index contributed by atoms with van der Waals surface area (Å²) in [5.41, 5.74) is -1.55. The summed E-state index contributed by atoms with van der Waals surface area (Å²) in [6.07, 6.45) is 2.81. The third kappa shape index (κ3) is 4.35. The number of ether oxygens (including phenoxy) is 2. The number of carboxylic acid groups (broad SMARTS) is 1. The molecule has 0 aliphatic rings. The lowest BCUT2D eigenvalue weighted by atomic mass is 10.2. The van der Waals surface area contributed by atoms with Crippen LogP contribution in [0.4, 0.5) is 5.69 Å². The molecule has 0 fully saturated rings. The van der Waals surface area contributed by atoms with Gasteiger partial charge in [-0.2, -0.15) is 4.98 Å². The van der Waals surface area contributed by atoms with E-state index in [2.05, 4.69) is 9.97 Å². The molecule has 0 saturated heterocycles.